The fourth-order valence-electron chi connectivity index (χ4n) is 2.29. The van der Waals surface area contributed by atoms with Crippen LogP contribution >= 0.6 is 0 Å². The number of rotatable bonds is 6. The molecule has 1 aliphatic heterocycles. The van der Waals surface area contributed by atoms with Crippen molar-refractivity contribution in [1.82, 2.24) is 5.32 Å². The van der Waals surface area contributed by atoms with Gasteiger partial charge in [0, 0.05) is 6.61 Å². The molecule has 0 amide bonds. The van der Waals surface area contributed by atoms with Crippen LogP contribution in [0.5, 0.6) is 0 Å². The first-order valence-corrected chi connectivity index (χ1v) is 6.81. The second-order valence-electron chi connectivity index (χ2n) is 4.78. The Labute approximate surface area is 109 Å². The Morgan fingerprint density at radius 3 is 2.83 bits per heavy atom. The minimum atomic E-state index is 0.259. The Hall–Kier alpha value is -0.900. The lowest BCUT2D eigenvalue weighted by molar-refractivity contribution is -0.0440. The van der Waals surface area contributed by atoms with E-state index in [-0.39, 0.29) is 6.04 Å². The Kier molecular flexibility index (Phi) is 5.65. The lowest BCUT2D eigenvalue weighted by atomic mass is 10.1. The number of likely N-dealkylation sites (N-methyl/N-ethyl adjacent to an activating group) is 1. The van der Waals surface area contributed by atoms with Crippen molar-refractivity contribution in [3.63, 3.8) is 0 Å². The van der Waals surface area contributed by atoms with Gasteiger partial charge in [-0.3, -0.25) is 0 Å². The van der Waals surface area contributed by atoms with Gasteiger partial charge in [-0.2, -0.15) is 0 Å². The molecule has 0 radical (unpaired) electrons. The van der Waals surface area contributed by atoms with Crippen LogP contribution in [0.25, 0.3) is 0 Å². The summed E-state index contributed by atoms with van der Waals surface area (Å²) in [7, 11) is 1.97. The van der Waals surface area contributed by atoms with Crippen molar-refractivity contribution >= 4 is 0 Å². The molecule has 1 aliphatic rings. The van der Waals surface area contributed by atoms with Gasteiger partial charge in [-0.15, -0.1) is 0 Å². The van der Waals surface area contributed by atoms with Gasteiger partial charge >= 0.3 is 0 Å². The largest absolute Gasteiger partial charge is 0.377 e. The molecule has 1 saturated heterocycles. The smallest absolute Gasteiger partial charge is 0.0808 e. The highest BCUT2D eigenvalue weighted by atomic mass is 16.5. The van der Waals surface area contributed by atoms with Crippen LogP contribution in [-0.4, -0.2) is 33.0 Å². The van der Waals surface area contributed by atoms with Gasteiger partial charge in [0.1, 0.15) is 0 Å². The molecule has 3 heteroatoms. The summed E-state index contributed by atoms with van der Waals surface area (Å²) in [5.74, 6) is 0. The molecule has 2 unspecified atom stereocenters. The lowest BCUT2D eigenvalue weighted by Crippen LogP contribution is -2.28. The van der Waals surface area contributed by atoms with E-state index in [0.717, 1.165) is 13.0 Å². The Balaban J connectivity index is 1.73. The number of hydrogen-bond donors (Lipinski definition) is 1. The molecule has 0 aliphatic carbocycles. The van der Waals surface area contributed by atoms with Crippen LogP contribution in [0, 0.1) is 0 Å². The second kappa shape index (κ2) is 7.52. The van der Waals surface area contributed by atoms with Crippen molar-refractivity contribution in [2.45, 2.75) is 31.4 Å². The molecule has 3 nitrogen and oxygen atoms in total. The molecule has 18 heavy (non-hydrogen) atoms. The molecule has 2 atom stereocenters. The molecule has 1 N–H and O–H groups in total. The van der Waals surface area contributed by atoms with E-state index in [1.165, 1.54) is 18.4 Å². The molecule has 1 aromatic rings. The maximum absolute atomic E-state index is 5.79. The van der Waals surface area contributed by atoms with Crippen LogP contribution < -0.4 is 5.32 Å². The van der Waals surface area contributed by atoms with Gasteiger partial charge in [-0.05, 0) is 31.9 Å². The van der Waals surface area contributed by atoms with E-state index < -0.39 is 0 Å². The first kappa shape index (κ1) is 13.5. The summed E-state index contributed by atoms with van der Waals surface area (Å²) in [5, 5.41) is 3.29. The molecular formula is C15H23NO2. The number of ether oxygens (including phenoxy) is 2. The van der Waals surface area contributed by atoms with Crippen LogP contribution in [0.1, 0.15) is 30.9 Å². The molecule has 0 bridgehead atoms. The monoisotopic (exact) mass is 249 g/mol. The molecule has 1 fully saturated rings. The van der Waals surface area contributed by atoms with Gasteiger partial charge in [0.05, 0.1) is 25.4 Å². The SMILES string of the molecule is CNC(COCC1CCCCO1)c1ccccc1. The van der Waals surface area contributed by atoms with E-state index in [2.05, 4.69) is 29.6 Å². The average molecular weight is 249 g/mol. The van der Waals surface area contributed by atoms with Crippen LogP contribution in [0.15, 0.2) is 30.3 Å². The number of benzene rings is 1. The first-order chi connectivity index (χ1) is 8.90. The van der Waals surface area contributed by atoms with E-state index in [0.29, 0.717) is 19.3 Å². The fourth-order valence-corrected chi connectivity index (χ4v) is 2.29. The van der Waals surface area contributed by atoms with Gasteiger partial charge in [-0.25, -0.2) is 0 Å². The van der Waals surface area contributed by atoms with Crippen molar-refractivity contribution in [2.75, 3.05) is 26.9 Å². The third-order valence-corrected chi connectivity index (χ3v) is 3.41. The zero-order chi connectivity index (χ0) is 12.6. The zero-order valence-electron chi connectivity index (χ0n) is 11.1. The highest BCUT2D eigenvalue weighted by Crippen LogP contribution is 2.15. The maximum atomic E-state index is 5.79. The molecule has 0 spiro atoms. The summed E-state index contributed by atoms with van der Waals surface area (Å²) in [4.78, 5) is 0. The summed E-state index contributed by atoms with van der Waals surface area (Å²) in [6.45, 7) is 2.30. The lowest BCUT2D eigenvalue weighted by Gasteiger charge is -2.24. The minimum absolute atomic E-state index is 0.259. The fraction of sp³-hybridized carbons (Fsp3) is 0.600. The third kappa shape index (κ3) is 4.09. The molecule has 0 aromatic heterocycles. The topological polar surface area (TPSA) is 30.5 Å². The van der Waals surface area contributed by atoms with Gasteiger partial charge in [0.25, 0.3) is 0 Å². The standard InChI is InChI=1S/C15H23NO2/c1-16-15(13-7-3-2-4-8-13)12-17-11-14-9-5-6-10-18-14/h2-4,7-8,14-16H,5-6,9-12H2,1H3. The summed E-state index contributed by atoms with van der Waals surface area (Å²) in [6.07, 6.45) is 3.89. The number of nitrogens with one attached hydrogen (secondary N) is 1. The van der Waals surface area contributed by atoms with Crippen LogP contribution in [-0.2, 0) is 9.47 Å². The van der Waals surface area contributed by atoms with E-state index in [1.54, 1.807) is 0 Å². The maximum Gasteiger partial charge on any atom is 0.0808 e. The highest BCUT2D eigenvalue weighted by Gasteiger charge is 2.15. The van der Waals surface area contributed by atoms with E-state index in [1.807, 2.05) is 13.1 Å². The third-order valence-electron chi connectivity index (χ3n) is 3.41. The zero-order valence-corrected chi connectivity index (χ0v) is 11.1. The van der Waals surface area contributed by atoms with Gasteiger partial charge in [-0.1, -0.05) is 30.3 Å². The predicted octanol–water partition coefficient (Wildman–Crippen LogP) is 2.53. The van der Waals surface area contributed by atoms with Crippen molar-refractivity contribution in [3.8, 4) is 0 Å². The summed E-state index contributed by atoms with van der Waals surface area (Å²) in [6, 6.07) is 10.7. The summed E-state index contributed by atoms with van der Waals surface area (Å²) < 4.78 is 11.4. The Bertz CT molecular complexity index is 323. The molecule has 2 rings (SSSR count). The van der Waals surface area contributed by atoms with E-state index in [9.17, 15) is 0 Å². The minimum Gasteiger partial charge on any atom is -0.377 e. The molecule has 1 aromatic carbocycles. The summed E-state index contributed by atoms with van der Waals surface area (Å²) >= 11 is 0. The normalized spacial score (nSPS) is 21.7. The average Bonchev–Trinajstić information content (AvgIpc) is 2.46. The quantitative estimate of drug-likeness (QED) is 0.840. The van der Waals surface area contributed by atoms with Crippen LogP contribution in [0.4, 0.5) is 0 Å². The van der Waals surface area contributed by atoms with Crippen LogP contribution in [0.2, 0.25) is 0 Å². The Morgan fingerprint density at radius 2 is 2.17 bits per heavy atom. The van der Waals surface area contributed by atoms with Crippen molar-refractivity contribution in [2.24, 2.45) is 0 Å². The summed E-state index contributed by atoms with van der Waals surface area (Å²) in [5.41, 5.74) is 1.27. The van der Waals surface area contributed by atoms with E-state index >= 15 is 0 Å². The molecular weight excluding hydrogens is 226 g/mol. The highest BCUT2D eigenvalue weighted by molar-refractivity contribution is 5.18. The van der Waals surface area contributed by atoms with Gasteiger partial charge in [0.2, 0.25) is 0 Å². The van der Waals surface area contributed by atoms with Crippen molar-refractivity contribution < 1.29 is 9.47 Å². The molecule has 0 saturated carbocycles. The number of hydrogen-bond acceptors (Lipinski definition) is 3. The molecule has 1 heterocycles. The van der Waals surface area contributed by atoms with Crippen molar-refractivity contribution in [3.05, 3.63) is 35.9 Å². The first-order valence-electron chi connectivity index (χ1n) is 6.81. The Morgan fingerprint density at radius 1 is 1.33 bits per heavy atom. The van der Waals surface area contributed by atoms with Crippen molar-refractivity contribution in [1.29, 1.82) is 0 Å². The van der Waals surface area contributed by atoms with E-state index in [4.69, 9.17) is 9.47 Å². The predicted molar refractivity (Wildman–Crippen MR) is 72.7 cm³/mol. The van der Waals surface area contributed by atoms with Crippen LogP contribution in [0.3, 0.4) is 0 Å². The van der Waals surface area contributed by atoms with Gasteiger partial charge in [0.15, 0.2) is 0 Å². The molecule has 100 valence electrons. The second-order valence-corrected chi connectivity index (χ2v) is 4.78. The van der Waals surface area contributed by atoms with Gasteiger partial charge < -0.3 is 14.8 Å².